The highest BCUT2D eigenvalue weighted by Gasteiger charge is 2.27. The molecule has 1 aromatic heterocycles. The summed E-state index contributed by atoms with van der Waals surface area (Å²) in [6, 6.07) is 0.0907. The van der Waals surface area contributed by atoms with Gasteiger partial charge in [-0.05, 0) is 27.2 Å². The zero-order valence-corrected chi connectivity index (χ0v) is 12.0. The van der Waals surface area contributed by atoms with Crippen LogP contribution >= 0.6 is 0 Å². The van der Waals surface area contributed by atoms with E-state index < -0.39 is 9.84 Å². The normalized spacial score (nSPS) is 23.4. The van der Waals surface area contributed by atoms with Crippen LogP contribution in [0.2, 0.25) is 0 Å². The van der Waals surface area contributed by atoms with E-state index in [4.69, 9.17) is 0 Å². The molecule has 1 aliphatic heterocycles. The van der Waals surface area contributed by atoms with E-state index in [0.29, 0.717) is 12.3 Å². The van der Waals surface area contributed by atoms with Crippen LogP contribution < -0.4 is 5.32 Å². The summed E-state index contributed by atoms with van der Waals surface area (Å²) in [7, 11) is -2.80. The van der Waals surface area contributed by atoms with Gasteiger partial charge in [0.15, 0.2) is 9.84 Å². The molecule has 0 bridgehead atoms. The number of rotatable bonds is 3. The molecule has 6 heteroatoms. The average molecular weight is 271 g/mol. The van der Waals surface area contributed by atoms with E-state index in [1.165, 1.54) is 0 Å². The van der Waals surface area contributed by atoms with Crippen LogP contribution in [0.4, 0.5) is 0 Å². The van der Waals surface area contributed by atoms with E-state index in [0.717, 1.165) is 12.0 Å². The predicted octanol–water partition coefficient (Wildman–Crippen LogP) is 0.915. The Kier molecular flexibility index (Phi) is 3.51. The van der Waals surface area contributed by atoms with Crippen molar-refractivity contribution in [2.24, 2.45) is 0 Å². The van der Waals surface area contributed by atoms with E-state index in [9.17, 15) is 8.42 Å². The second-order valence-corrected chi connectivity index (χ2v) is 8.17. The molecule has 0 aliphatic carbocycles. The first-order valence-corrected chi connectivity index (χ1v) is 8.06. The fraction of sp³-hybridized carbons (Fsp3) is 0.750. The van der Waals surface area contributed by atoms with Crippen molar-refractivity contribution >= 4 is 9.84 Å². The Hall–Kier alpha value is -0.880. The third kappa shape index (κ3) is 3.32. The fourth-order valence-electron chi connectivity index (χ4n) is 2.04. The van der Waals surface area contributed by atoms with Crippen molar-refractivity contribution in [3.05, 3.63) is 18.0 Å². The van der Waals surface area contributed by atoms with Crippen molar-refractivity contribution in [2.45, 2.75) is 45.3 Å². The highest BCUT2D eigenvalue weighted by Crippen LogP contribution is 2.14. The Bertz CT molecular complexity index is 514. The monoisotopic (exact) mass is 271 g/mol. The van der Waals surface area contributed by atoms with Gasteiger partial charge in [-0.25, -0.2) is 8.42 Å². The average Bonchev–Trinajstić information content (AvgIpc) is 2.80. The van der Waals surface area contributed by atoms with Crippen molar-refractivity contribution in [1.29, 1.82) is 0 Å². The molecular formula is C12H21N3O2S. The maximum atomic E-state index is 11.3. The van der Waals surface area contributed by atoms with Crippen molar-refractivity contribution in [1.82, 2.24) is 15.1 Å². The van der Waals surface area contributed by atoms with Crippen LogP contribution in [0.1, 0.15) is 32.8 Å². The SMILES string of the molecule is CC(C)(C)n1cc(CNC2CCS(=O)(=O)C2)cn1. The lowest BCUT2D eigenvalue weighted by Gasteiger charge is -2.18. The quantitative estimate of drug-likeness (QED) is 0.887. The molecule has 102 valence electrons. The van der Waals surface area contributed by atoms with Crippen LogP contribution in [0.15, 0.2) is 12.4 Å². The van der Waals surface area contributed by atoms with Crippen molar-refractivity contribution in [3.63, 3.8) is 0 Å². The number of hydrogen-bond donors (Lipinski definition) is 1. The smallest absolute Gasteiger partial charge is 0.151 e. The Morgan fingerprint density at radius 3 is 2.72 bits per heavy atom. The Morgan fingerprint density at radius 2 is 2.22 bits per heavy atom. The number of nitrogens with zero attached hydrogens (tertiary/aromatic N) is 2. The second-order valence-electron chi connectivity index (χ2n) is 5.94. The molecule has 0 aromatic carbocycles. The molecule has 0 radical (unpaired) electrons. The van der Waals surface area contributed by atoms with Gasteiger partial charge in [-0.15, -0.1) is 0 Å². The van der Waals surface area contributed by atoms with Gasteiger partial charge in [0, 0.05) is 24.3 Å². The van der Waals surface area contributed by atoms with E-state index in [2.05, 4.69) is 31.2 Å². The molecule has 1 atom stereocenters. The van der Waals surface area contributed by atoms with Gasteiger partial charge in [0.1, 0.15) is 0 Å². The molecule has 1 fully saturated rings. The summed E-state index contributed by atoms with van der Waals surface area (Å²) in [5, 5.41) is 7.61. The first-order valence-electron chi connectivity index (χ1n) is 6.24. The van der Waals surface area contributed by atoms with E-state index in [1.54, 1.807) is 0 Å². The third-order valence-electron chi connectivity index (χ3n) is 3.15. The molecule has 18 heavy (non-hydrogen) atoms. The molecule has 0 saturated carbocycles. The first kappa shape index (κ1) is 13.5. The van der Waals surface area contributed by atoms with Gasteiger partial charge >= 0.3 is 0 Å². The maximum Gasteiger partial charge on any atom is 0.151 e. The second kappa shape index (κ2) is 4.66. The van der Waals surface area contributed by atoms with Gasteiger partial charge in [-0.2, -0.15) is 5.10 Å². The molecular weight excluding hydrogens is 250 g/mol. The van der Waals surface area contributed by atoms with Crippen LogP contribution in [0.25, 0.3) is 0 Å². The van der Waals surface area contributed by atoms with Gasteiger partial charge in [0.05, 0.1) is 23.2 Å². The molecule has 1 N–H and O–H groups in total. The zero-order valence-electron chi connectivity index (χ0n) is 11.2. The number of hydrogen-bond acceptors (Lipinski definition) is 4. The number of aromatic nitrogens is 2. The van der Waals surface area contributed by atoms with Gasteiger partial charge in [0.25, 0.3) is 0 Å². The molecule has 1 aliphatic rings. The van der Waals surface area contributed by atoms with Gasteiger partial charge < -0.3 is 5.32 Å². The van der Waals surface area contributed by atoms with Crippen molar-refractivity contribution < 1.29 is 8.42 Å². The topological polar surface area (TPSA) is 64.0 Å². The number of sulfone groups is 1. The summed E-state index contributed by atoms with van der Waals surface area (Å²) in [6.07, 6.45) is 4.56. The maximum absolute atomic E-state index is 11.3. The standard InChI is InChI=1S/C12H21N3O2S/c1-12(2,3)15-8-10(7-14-15)6-13-11-4-5-18(16,17)9-11/h7-8,11,13H,4-6,9H2,1-3H3. The molecule has 1 unspecified atom stereocenters. The molecule has 1 saturated heterocycles. The van der Waals surface area contributed by atoms with Crippen LogP contribution in [0, 0.1) is 0 Å². The van der Waals surface area contributed by atoms with E-state index in [1.807, 2.05) is 17.1 Å². The molecule has 1 aromatic rings. The van der Waals surface area contributed by atoms with E-state index >= 15 is 0 Å². The van der Waals surface area contributed by atoms with Crippen molar-refractivity contribution in [2.75, 3.05) is 11.5 Å². The minimum Gasteiger partial charge on any atom is -0.309 e. The molecule has 5 nitrogen and oxygen atoms in total. The molecule has 0 amide bonds. The lowest BCUT2D eigenvalue weighted by atomic mass is 10.1. The van der Waals surface area contributed by atoms with Gasteiger partial charge in [-0.1, -0.05) is 0 Å². The summed E-state index contributed by atoms with van der Waals surface area (Å²) in [4.78, 5) is 0. The molecule has 0 spiro atoms. The Labute approximate surface area is 108 Å². The highest BCUT2D eigenvalue weighted by molar-refractivity contribution is 7.91. The lowest BCUT2D eigenvalue weighted by molar-refractivity contribution is 0.355. The molecule has 2 heterocycles. The van der Waals surface area contributed by atoms with Crippen LogP contribution in [-0.4, -0.2) is 35.7 Å². The molecule has 2 rings (SSSR count). The summed E-state index contributed by atoms with van der Waals surface area (Å²) < 4.78 is 24.6. The summed E-state index contributed by atoms with van der Waals surface area (Å²) in [5.41, 5.74) is 1.07. The lowest BCUT2D eigenvalue weighted by Crippen LogP contribution is -2.29. The Balaban J connectivity index is 1.90. The van der Waals surface area contributed by atoms with Crippen LogP contribution in [0.3, 0.4) is 0 Å². The predicted molar refractivity (Wildman–Crippen MR) is 71.1 cm³/mol. The summed E-state index contributed by atoms with van der Waals surface area (Å²) in [5.74, 6) is 0.576. The Morgan fingerprint density at radius 1 is 1.50 bits per heavy atom. The fourth-order valence-corrected chi connectivity index (χ4v) is 3.74. The zero-order chi connectivity index (χ0) is 13.4. The minimum atomic E-state index is -2.80. The van der Waals surface area contributed by atoms with Crippen LogP contribution in [-0.2, 0) is 21.9 Å². The van der Waals surface area contributed by atoms with Crippen LogP contribution in [0.5, 0.6) is 0 Å². The van der Waals surface area contributed by atoms with Gasteiger partial charge in [0.2, 0.25) is 0 Å². The van der Waals surface area contributed by atoms with Gasteiger partial charge in [-0.3, -0.25) is 4.68 Å². The largest absolute Gasteiger partial charge is 0.309 e. The third-order valence-corrected chi connectivity index (χ3v) is 4.92. The highest BCUT2D eigenvalue weighted by atomic mass is 32.2. The summed E-state index contributed by atoms with van der Waals surface area (Å²) >= 11 is 0. The number of nitrogens with one attached hydrogen (secondary N) is 1. The first-order chi connectivity index (χ1) is 8.26. The van der Waals surface area contributed by atoms with E-state index in [-0.39, 0.29) is 17.3 Å². The van der Waals surface area contributed by atoms with Crippen molar-refractivity contribution in [3.8, 4) is 0 Å². The minimum absolute atomic E-state index is 0.0189. The summed E-state index contributed by atoms with van der Waals surface area (Å²) in [6.45, 7) is 6.97.